The summed E-state index contributed by atoms with van der Waals surface area (Å²) in [5.41, 5.74) is 10.9. The fourth-order valence-electron chi connectivity index (χ4n) is 4.87. The molecule has 0 aliphatic heterocycles. The van der Waals surface area contributed by atoms with Crippen molar-refractivity contribution >= 4 is 32.3 Å². The maximum absolute atomic E-state index is 7.32. The lowest BCUT2D eigenvalue weighted by molar-refractivity contribution is 1.16. The van der Waals surface area contributed by atoms with Gasteiger partial charge >= 0.3 is 0 Å². The predicted molar refractivity (Wildman–Crippen MR) is 160 cm³/mol. The Labute approximate surface area is 219 Å². The average Bonchev–Trinajstić information content (AvgIpc) is 2.94. The van der Waals surface area contributed by atoms with Gasteiger partial charge in [-0.15, -0.1) is 0 Å². The molecule has 0 saturated carbocycles. The van der Waals surface area contributed by atoms with E-state index < -0.39 is 0 Å². The van der Waals surface area contributed by atoms with Gasteiger partial charge in [-0.1, -0.05) is 115 Å². The number of rotatable bonds is 6. The number of nitrogens with two attached hydrogens (primary N) is 1. The van der Waals surface area contributed by atoms with Crippen LogP contribution in [0.25, 0.3) is 43.4 Å². The van der Waals surface area contributed by atoms with Gasteiger partial charge in [-0.3, -0.25) is 0 Å². The van der Waals surface area contributed by atoms with Gasteiger partial charge in [0.15, 0.2) is 0 Å². The first-order valence-electron chi connectivity index (χ1n) is 12.6. The molecule has 5 aromatic carbocycles. The van der Waals surface area contributed by atoms with Gasteiger partial charge in [-0.25, -0.2) is 0 Å². The molecule has 0 bridgehead atoms. The van der Waals surface area contributed by atoms with Crippen molar-refractivity contribution in [3.63, 3.8) is 0 Å². The Morgan fingerprint density at radius 3 is 1.92 bits per heavy atom. The third-order valence-corrected chi connectivity index (χ3v) is 6.46. The topological polar surface area (TPSA) is 49.8 Å². The summed E-state index contributed by atoms with van der Waals surface area (Å²) in [6, 6.07) is 34.7. The second-order valence-electron chi connectivity index (χ2n) is 8.84. The first kappa shape index (κ1) is 25.5. The van der Waals surface area contributed by atoms with E-state index in [-0.39, 0.29) is 0 Å². The Hall–Kier alpha value is -4.61. The van der Waals surface area contributed by atoms with Crippen molar-refractivity contribution in [2.24, 2.45) is 5.73 Å². The number of nitrogens with zero attached hydrogens (tertiary/aromatic N) is 1. The fraction of sp³-hybridized carbons (Fsp3) is 0.114. The van der Waals surface area contributed by atoms with Gasteiger partial charge in [-0.2, -0.15) is 5.26 Å². The molecule has 37 heavy (non-hydrogen) atoms. The monoisotopic (exact) mass is 480 g/mol. The van der Waals surface area contributed by atoms with Crippen molar-refractivity contribution in [3.05, 3.63) is 133 Å². The van der Waals surface area contributed by atoms with Crippen LogP contribution in [0, 0.1) is 11.3 Å². The van der Waals surface area contributed by atoms with Crippen molar-refractivity contribution < 1.29 is 0 Å². The minimum atomic E-state index is 0.784. The van der Waals surface area contributed by atoms with Gasteiger partial charge in [0, 0.05) is 19.0 Å². The van der Waals surface area contributed by atoms with Crippen LogP contribution in [0.3, 0.4) is 0 Å². The average molecular weight is 481 g/mol. The van der Waals surface area contributed by atoms with Crippen LogP contribution in [0.15, 0.2) is 127 Å². The summed E-state index contributed by atoms with van der Waals surface area (Å²) in [6.45, 7) is 3.45. The van der Waals surface area contributed by atoms with Gasteiger partial charge < -0.3 is 5.73 Å². The number of hydrogen-bond acceptors (Lipinski definition) is 2. The molecule has 0 aliphatic rings. The molecule has 0 atom stereocenters. The van der Waals surface area contributed by atoms with Crippen LogP contribution in [0.2, 0.25) is 0 Å². The molecule has 0 fully saturated rings. The van der Waals surface area contributed by atoms with E-state index >= 15 is 0 Å². The lowest BCUT2D eigenvalue weighted by Gasteiger charge is -2.18. The highest BCUT2D eigenvalue weighted by molar-refractivity contribution is 6.18. The van der Waals surface area contributed by atoms with Crippen molar-refractivity contribution in [3.8, 4) is 17.2 Å². The van der Waals surface area contributed by atoms with Crippen LogP contribution in [-0.2, 0) is 6.42 Å². The molecule has 0 amide bonds. The third-order valence-electron chi connectivity index (χ3n) is 6.46. The molecule has 5 aromatic rings. The highest BCUT2D eigenvalue weighted by Crippen LogP contribution is 2.41. The van der Waals surface area contributed by atoms with Crippen molar-refractivity contribution in [1.82, 2.24) is 0 Å². The number of hydrogen-bond donors (Lipinski definition) is 1. The van der Waals surface area contributed by atoms with Gasteiger partial charge in [0.2, 0.25) is 0 Å². The maximum Gasteiger partial charge on any atom is 0.0587 e. The summed E-state index contributed by atoms with van der Waals surface area (Å²) in [6.07, 6.45) is 12.0. The lowest BCUT2D eigenvalue weighted by Crippen LogP contribution is -1.94. The number of allylic oxidation sites excluding steroid dienone is 5. The van der Waals surface area contributed by atoms with Gasteiger partial charge in [0.1, 0.15) is 0 Å². The van der Waals surface area contributed by atoms with E-state index in [0.29, 0.717) is 0 Å². The van der Waals surface area contributed by atoms with Crippen molar-refractivity contribution in [2.75, 3.05) is 0 Å². The van der Waals surface area contributed by atoms with E-state index in [9.17, 15) is 0 Å². The molecule has 2 N–H and O–H groups in total. The minimum absolute atomic E-state index is 0.784. The molecule has 0 saturated heterocycles. The normalized spacial score (nSPS) is 11.8. The van der Waals surface area contributed by atoms with E-state index in [4.69, 9.17) is 11.0 Å². The molecule has 0 aliphatic carbocycles. The summed E-state index contributed by atoms with van der Waals surface area (Å²) in [5, 5.41) is 15.1. The Morgan fingerprint density at radius 1 is 0.757 bits per heavy atom. The standard InChI is InChI=1S/C33H29N.C2H3N/c1-2-3-15-25(34)16-5-7-18-27-28-19-8-10-21-31(28)33(32-22-11-9-20-29(27)32)30-23-12-14-24-13-4-6-17-26(24)30;1-2-3/h2-14,16-17,19-23H,15,18,34H2,1H3;1H3/b3-2-,7-5-,25-16-;. The first-order chi connectivity index (χ1) is 18.2. The minimum Gasteiger partial charge on any atom is -0.402 e. The van der Waals surface area contributed by atoms with Gasteiger partial charge in [-0.05, 0) is 68.4 Å². The summed E-state index contributed by atoms with van der Waals surface area (Å²) in [5.74, 6) is 0. The Bertz CT molecular complexity index is 1600. The smallest absolute Gasteiger partial charge is 0.0587 e. The van der Waals surface area contributed by atoms with E-state index in [0.717, 1.165) is 18.5 Å². The molecular formula is C35H32N2. The molecule has 0 radical (unpaired) electrons. The molecule has 2 nitrogen and oxygen atoms in total. The fourth-order valence-corrected chi connectivity index (χ4v) is 4.87. The highest BCUT2D eigenvalue weighted by Gasteiger charge is 2.15. The zero-order chi connectivity index (χ0) is 26.0. The van der Waals surface area contributed by atoms with Crippen LogP contribution in [-0.4, -0.2) is 0 Å². The third kappa shape index (κ3) is 5.63. The Morgan fingerprint density at radius 2 is 1.30 bits per heavy atom. The summed E-state index contributed by atoms with van der Waals surface area (Å²) in [4.78, 5) is 0. The maximum atomic E-state index is 7.32. The molecular weight excluding hydrogens is 448 g/mol. The Kier molecular flexibility index (Phi) is 8.53. The van der Waals surface area contributed by atoms with Crippen LogP contribution in [0.1, 0.15) is 25.8 Å². The zero-order valence-corrected chi connectivity index (χ0v) is 21.5. The number of fused-ring (bicyclic) bond motifs is 3. The highest BCUT2D eigenvalue weighted by atomic mass is 14.6. The van der Waals surface area contributed by atoms with Crippen molar-refractivity contribution in [1.29, 1.82) is 5.26 Å². The number of benzene rings is 5. The molecule has 0 spiro atoms. The second kappa shape index (κ2) is 12.4. The molecule has 0 aromatic heterocycles. The summed E-state index contributed by atoms with van der Waals surface area (Å²) < 4.78 is 0. The van der Waals surface area contributed by atoms with E-state index in [1.54, 1.807) is 6.07 Å². The van der Waals surface area contributed by atoms with Crippen LogP contribution >= 0.6 is 0 Å². The Balaban J connectivity index is 0.00000102. The van der Waals surface area contributed by atoms with E-state index in [2.05, 4.69) is 109 Å². The van der Waals surface area contributed by atoms with E-state index in [1.807, 2.05) is 19.1 Å². The van der Waals surface area contributed by atoms with Crippen LogP contribution in [0.5, 0.6) is 0 Å². The molecule has 182 valence electrons. The molecule has 0 heterocycles. The quantitative estimate of drug-likeness (QED) is 0.150. The van der Waals surface area contributed by atoms with Gasteiger partial charge in [0.05, 0.1) is 6.07 Å². The first-order valence-corrected chi connectivity index (χ1v) is 12.6. The second-order valence-corrected chi connectivity index (χ2v) is 8.84. The predicted octanol–water partition coefficient (Wildman–Crippen LogP) is 9.25. The van der Waals surface area contributed by atoms with Crippen LogP contribution in [0.4, 0.5) is 0 Å². The molecule has 5 rings (SSSR count). The largest absolute Gasteiger partial charge is 0.402 e. The zero-order valence-electron chi connectivity index (χ0n) is 21.5. The van der Waals surface area contributed by atoms with Crippen LogP contribution < -0.4 is 5.73 Å². The summed E-state index contributed by atoms with van der Waals surface area (Å²) >= 11 is 0. The van der Waals surface area contributed by atoms with E-state index in [1.165, 1.54) is 55.9 Å². The SMILES string of the molecule is C/C=C\C/C(N)=C/C=C\Cc1c2ccccc2c(-c2cccc3ccccc23)c2ccccc12.CC#N. The molecule has 0 unspecified atom stereocenters. The van der Waals surface area contributed by atoms with Gasteiger partial charge in [0.25, 0.3) is 0 Å². The lowest BCUT2D eigenvalue weighted by atomic mass is 9.86. The number of nitriles is 1. The molecule has 2 heteroatoms. The summed E-state index contributed by atoms with van der Waals surface area (Å²) in [7, 11) is 0. The van der Waals surface area contributed by atoms with Crippen molar-refractivity contribution in [2.45, 2.75) is 26.7 Å².